The smallest absolute Gasteiger partial charge is 0.410 e. The van der Waals surface area contributed by atoms with Gasteiger partial charge in [0.1, 0.15) is 6.61 Å². The summed E-state index contributed by atoms with van der Waals surface area (Å²) in [5, 5.41) is 0. The molecule has 13 heteroatoms. The minimum absolute atomic E-state index is 0.0712. The van der Waals surface area contributed by atoms with Crippen LogP contribution in [0.3, 0.4) is 0 Å². The van der Waals surface area contributed by atoms with Crippen LogP contribution in [0.1, 0.15) is 47.9 Å². The number of likely N-dealkylation sites (N-methyl/N-ethyl adjacent to an activating group) is 2. The Morgan fingerprint density at radius 3 is 1.95 bits per heavy atom. The average Bonchev–Trinajstić information content (AvgIpc) is 3.67. The van der Waals surface area contributed by atoms with Gasteiger partial charge in [-0.15, -0.1) is 0 Å². The zero-order valence-corrected chi connectivity index (χ0v) is 25.7. The Bertz CT molecular complexity index is 1380. The number of carbonyl (C=O) groups is 4. The summed E-state index contributed by atoms with van der Waals surface area (Å²) >= 11 is 0. The number of amides is 2. The van der Waals surface area contributed by atoms with Crippen LogP contribution in [0.2, 0.25) is 0 Å². The van der Waals surface area contributed by atoms with E-state index in [4.69, 9.17) is 33.2 Å². The molecule has 0 aromatic heterocycles. The maximum atomic E-state index is 13.0. The Kier molecular flexibility index (Phi) is 10.5. The molecule has 13 nitrogen and oxygen atoms in total. The molecule has 2 aromatic carbocycles. The lowest BCUT2D eigenvalue weighted by atomic mass is 10.0. The summed E-state index contributed by atoms with van der Waals surface area (Å²) in [6, 6.07) is 8.19. The van der Waals surface area contributed by atoms with Gasteiger partial charge in [0, 0.05) is 38.8 Å². The van der Waals surface area contributed by atoms with Crippen LogP contribution in [0.5, 0.6) is 23.0 Å². The number of hydrogen-bond acceptors (Lipinski definition) is 11. The first-order valence-corrected chi connectivity index (χ1v) is 14.2. The zero-order chi connectivity index (χ0) is 32.0. The second-order valence-electron chi connectivity index (χ2n) is 10.7. The van der Waals surface area contributed by atoms with Crippen molar-refractivity contribution in [1.82, 2.24) is 9.80 Å². The van der Waals surface area contributed by atoms with E-state index in [9.17, 15) is 19.2 Å². The van der Waals surface area contributed by atoms with E-state index < -0.39 is 30.6 Å². The Morgan fingerprint density at radius 1 is 0.773 bits per heavy atom. The standard InChI is InChI=1S/C31H38N2O11/c1-18(16-40-31(37)33(5)20(3)28(34)21-7-9-23-25(14-21)42-17-41-23)13-27-43-24-10-8-22(15-26(24)44-27)29(35)19(2)32(4)30(36)39-12-11-38-6/h7-10,14-15,18-20,27H,11-13,16-17H2,1-6H3. The number of rotatable bonds is 13. The third-order valence-electron chi connectivity index (χ3n) is 7.50. The van der Waals surface area contributed by atoms with Crippen LogP contribution in [0.4, 0.5) is 9.59 Å². The third-order valence-corrected chi connectivity index (χ3v) is 7.50. The minimum atomic E-state index is -0.774. The molecule has 2 aromatic rings. The lowest BCUT2D eigenvalue weighted by molar-refractivity contribution is 0.0150. The van der Waals surface area contributed by atoms with Crippen molar-refractivity contribution >= 4 is 23.8 Å². The van der Waals surface area contributed by atoms with Crippen LogP contribution in [0.15, 0.2) is 36.4 Å². The summed E-state index contributed by atoms with van der Waals surface area (Å²) in [7, 11) is 4.49. The number of nitrogens with zero attached hydrogens (tertiary/aromatic N) is 2. The van der Waals surface area contributed by atoms with Gasteiger partial charge in [-0.05, 0) is 56.2 Å². The summed E-state index contributed by atoms with van der Waals surface area (Å²) in [6.45, 7) is 5.63. The number of benzene rings is 2. The molecular formula is C31H38N2O11. The predicted octanol–water partition coefficient (Wildman–Crippen LogP) is 4.16. The van der Waals surface area contributed by atoms with E-state index in [1.165, 1.54) is 31.0 Å². The second-order valence-corrected chi connectivity index (χ2v) is 10.7. The van der Waals surface area contributed by atoms with E-state index in [-0.39, 0.29) is 44.1 Å². The number of carbonyl (C=O) groups excluding carboxylic acids is 4. The fourth-order valence-corrected chi connectivity index (χ4v) is 4.48. The zero-order valence-electron chi connectivity index (χ0n) is 25.7. The number of ether oxygens (including phenoxy) is 7. The van der Waals surface area contributed by atoms with E-state index in [1.54, 1.807) is 50.2 Å². The van der Waals surface area contributed by atoms with E-state index in [0.717, 1.165) is 0 Å². The van der Waals surface area contributed by atoms with Crippen molar-refractivity contribution in [3.8, 4) is 23.0 Å². The molecular weight excluding hydrogens is 576 g/mol. The molecule has 44 heavy (non-hydrogen) atoms. The van der Waals surface area contributed by atoms with Gasteiger partial charge in [-0.3, -0.25) is 9.59 Å². The van der Waals surface area contributed by atoms with Crippen molar-refractivity contribution in [2.45, 2.75) is 45.6 Å². The fraction of sp³-hybridized carbons (Fsp3) is 0.484. The van der Waals surface area contributed by atoms with Crippen LogP contribution >= 0.6 is 0 Å². The van der Waals surface area contributed by atoms with Gasteiger partial charge in [-0.25, -0.2) is 9.59 Å². The van der Waals surface area contributed by atoms with Crippen molar-refractivity contribution in [1.29, 1.82) is 0 Å². The van der Waals surface area contributed by atoms with Crippen LogP contribution in [0.25, 0.3) is 0 Å². The molecule has 2 amide bonds. The molecule has 0 spiro atoms. The molecule has 0 fully saturated rings. The molecule has 4 rings (SSSR count). The molecule has 2 heterocycles. The Labute approximate surface area is 255 Å². The largest absolute Gasteiger partial charge is 0.454 e. The first kappa shape index (κ1) is 32.4. The highest BCUT2D eigenvalue weighted by molar-refractivity contribution is 6.02. The predicted molar refractivity (Wildman–Crippen MR) is 156 cm³/mol. The van der Waals surface area contributed by atoms with Crippen molar-refractivity contribution in [3.05, 3.63) is 47.5 Å². The van der Waals surface area contributed by atoms with Crippen LogP contribution in [0, 0.1) is 5.92 Å². The molecule has 0 saturated heterocycles. The Morgan fingerprint density at radius 2 is 1.32 bits per heavy atom. The third kappa shape index (κ3) is 7.51. The van der Waals surface area contributed by atoms with Crippen molar-refractivity contribution in [3.63, 3.8) is 0 Å². The monoisotopic (exact) mass is 614 g/mol. The molecule has 0 aliphatic carbocycles. The number of ketones is 2. The maximum Gasteiger partial charge on any atom is 0.410 e. The second kappa shape index (κ2) is 14.3. The summed E-state index contributed by atoms with van der Waals surface area (Å²) in [5.41, 5.74) is 0.753. The van der Waals surface area contributed by atoms with Gasteiger partial charge in [0.15, 0.2) is 34.6 Å². The molecule has 0 N–H and O–H groups in total. The van der Waals surface area contributed by atoms with Gasteiger partial charge >= 0.3 is 12.2 Å². The van der Waals surface area contributed by atoms with E-state index in [0.29, 0.717) is 40.5 Å². The quantitative estimate of drug-likeness (QED) is 0.237. The molecule has 0 radical (unpaired) electrons. The first-order chi connectivity index (χ1) is 21.0. The summed E-state index contributed by atoms with van der Waals surface area (Å²) < 4.78 is 37.8. The van der Waals surface area contributed by atoms with Gasteiger partial charge in [-0.2, -0.15) is 0 Å². The Hall–Kier alpha value is -4.52. The normalized spacial score (nSPS) is 16.5. The van der Waals surface area contributed by atoms with Crippen molar-refractivity contribution in [2.24, 2.45) is 5.92 Å². The van der Waals surface area contributed by atoms with Gasteiger partial charge in [0.05, 0.1) is 25.3 Å². The number of fused-ring (bicyclic) bond motifs is 2. The maximum absolute atomic E-state index is 13.0. The van der Waals surface area contributed by atoms with Gasteiger partial charge in [0.2, 0.25) is 13.1 Å². The number of Topliss-reactive ketones (excluding diaryl/α,β-unsaturated/α-hetero) is 2. The Balaban J connectivity index is 1.24. The van der Waals surface area contributed by atoms with Gasteiger partial charge < -0.3 is 43.0 Å². The number of hydrogen-bond donors (Lipinski definition) is 0. The molecule has 238 valence electrons. The van der Waals surface area contributed by atoms with Crippen LogP contribution in [-0.2, 0) is 14.2 Å². The minimum Gasteiger partial charge on any atom is -0.454 e. The summed E-state index contributed by atoms with van der Waals surface area (Å²) in [6.07, 6.45) is -1.52. The van der Waals surface area contributed by atoms with Crippen LogP contribution in [-0.4, -0.2) is 99.7 Å². The molecule has 2 aliphatic rings. The van der Waals surface area contributed by atoms with Crippen molar-refractivity contribution in [2.75, 3.05) is 47.8 Å². The topological polar surface area (TPSA) is 139 Å². The first-order valence-electron chi connectivity index (χ1n) is 14.2. The molecule has 4 unspecified atom stereocenters. The van der Waals surface area contributed by atoms with E-state index in [1.807, 2.05) is 6.92 Å². The highest BCUT2D eigenvalue weighted by Gasteiger charge is 2.31. The van der Waals surface area contributed by atoms with E-state index in [2.05, 4.69) is 0 Å². The lowest BCUT2D eigenvalue weighted by Crippen LogP contribution is -2.41. The van der Waals surface area contributed by atoms with Gasteiger partial charge in [-0.1, -0.05) is 6.92 Å². The summed E-state index contributed by atoms with van der Waals surface area (Å²) in [4.78, 5) is 53.4. The number of methoxy groups -OCH3 is 1. The lowest BCUT2D eigenvalue weighted by Gasteiger charge is -2.24. The molecule has 4 atom stereocenters. The average molecular weight is 615 g/mol. The molecule has 2 aliphatic heterocycles. The van der Waals surface area contributed by atoms with Crippen LogP contribution < -0.4 is 18.9 Å². The molecule has 0 bridgehead atoms. The van der Waals surface area contributed by atoms with E-state index >= 15 is 0 Å². The van der Waals surface area contributed by atoms with Crippen molar-refractivity contribution < 1.29 is 52.3 Å². The summed E-state index contributed by atoms with van der Waals surface area (Å²) in [5.74, 6) is 1.24. The van der Waals surface area contributed by atoms with Gasteiger partial charge in [0.25, 0.3) is 0 Å². The highest BCUT2D eigenvalue weighted by Crippen LogP contribution is 2.37. The molecule has 0 saturated carbocycles. The fourth-order valence-electron chi connectivity index (χ4n) is 4.48. The highest BCUT2D eigenvalue weighted by atomic mass is 16.7. The SMILES string of the molecule is COCCOC(=O)N(C)C(C)C(=O)c1ccc2c(c1)OC(CC(C)COC(=O)N(C)C(C)C(=O)c1ccc3c(c1)OCO3)O2.